The van der Waals surface area contributed by atoms with Crippen LogP contribution >= 0.6 is 11.6 Å². The van der Waals surface area contributed by atoms with E-state index in [4.69, 9.17) is 16.7 Å². The molecule has 0 aliphatic rings. The Balaban J connectivity index is 2.52. The van der Waals surface area contributed by atoms with E-state index in [1.807, 2.05) is 0 Å². The standard InChI is InChI=1S/C13H17ClN2O3/c1-8(2)12(13(18)19)15-7-11(17)16-10-6-4-3-5-9(10)14/h3-6,8,12,15H,7H2,1-2H3,(H,16,17)(H,18,19). The summed E-state index contributed by atoms with van der Waals surface area (Å²) in [6.45, 7) is 3.47. The summed E-state index contributed by atoms with van der Waals surface area (Å²) in [6, 6.07) is 6.10. The van der Waals surface area contributed by atoms with E-state index in [-0.39, 0.29) is 18.4 Å². The molecule has 0 saturated carbocycles. The molecule has 1 unspecified atom stereocenters. The molecule has 0 aromatic heterocycles. The Morgan fingerprint density at radius 1 is 1.32 bits per heavy atom. The van der Waals surface area contributed by atoms with Crippen LogP contribution in [-0.2, 0) is 9.59 Å². The normalized spacial score (nSPS) is 12.2. The van der Waals surface area contributed by atoms with Gasteiger partial charge in [0.2, 0.25) is 5.91 Å². The average molecular weight is 285 g/mol. The van der Waals surface area contributed by atoms with Crippen molar-refractivity contribution in [1.29, 1.82) is 0 Å². The van der Waals surface area contributed by atoms with E-state index in [1.54, 1.807) is 38.1 Å². The third-order valence-corrected chi connectivity index (χ3v) is 2.89. The van der Waals surface area contributed by atoms with E-state index in [9.17, 15) is 9.59 Å². The van der Waals surface area contributed by atoms with Crippen LogP contribution in [0.1, 0.15) is 13.8 Å². The number of hydrogen-bond donors (Lipinski definition) is 3. The first-order chi connectivity index (χ1) is 8.91. The Morgan fingerprint density at radius 3 is 2.47 bits per heavy atom. The summed E-state index contributed by atoms with van der Waals surface area (Å²) >= 11 is 5.90. The summed E-state index contributed by atoms with van der Waals surface area (Å²) in [7, 11) is 0. The van der Waals surface area contributed by atoms with Crippen molar-refractivity contribution in [2.45, 2.75) is 19.9 Å². The number of carbonyl (C=O) groups excluding carboxylic acids is 1. The van der Waals surface area contributed by atoms with Gasteiger partial charge in [0.05, 0.1) is 17.3 Å². The number of rotatable bonds is 6. The maximum Gasteiger partial charge on any atom is 0.320 e. The lowest BCUT2D eigenvalue weighted by molar-refractivity contribution is -0.140. The maximum atomic E-state index is 11.7. The van der Waals surface area contributed by atoms with Crippen molar-refractivity contribution in [3.63, 3.8) is 0 Å². The van der Waals surface area contributed by atoms with Gasteiger partial charge in [0.15, 0.2) is 0 Å². The largest absolute Gasteiger partial charge is 0.480 e. The van der Waals surface area contributed by atoms with Crippen LogP contribution in [0, 0.1) is 5.92 Å². The molecule has 1 amide bonds. The number of carboxylic acid groups (broad SMARTS) is 1. The van der Waals surface area contributed by atoms with Gasteiger partial charge in [0.1, 0.15) is 6.04 Å². The van der Waals surface area contributed by atoms with Crippen molar-refractivity contribution in [3.05, 3.63) is 29.3 Å². The van der Waals surface area contributed by atoms with Gasteiger partial charge in [-0.05, 0) is 18.1 Å². The van der Waals surface area contributed by atoms with Crippen LogP contribution in [0.25, 0.3) is 0 Å². The SMILES string of the molecule is CC(C)C(NCC(=O)Nc1ccccc1Cl)C(=O)O. The Morgan fingerprint density at radius 2 is 1.95 bits per heavy atom. The van der Waals surface area contributed by atoms with E-state index >= 15 is 0 Å². The average Bonchev–Trinajstić information content (AvgIpc) is 2.31. The molecule has 0 aliphatic heterocycles. The molecule has 104 valence electrons. The fourth-order valence-electron chi connectivity index (χ4n) is 1.57. The van der Waals surface area contributed by atoms with Gasteiger partial charge in [-0.3, -0.25) is 14.9 Å². The molecule has 0 heterocycles. The quantitative estimate of drug-likeness (QED) is 0.746. The fraction of sp³-hybridized carbons (Fsp3) is 0.385. The van der Waals surface area contributed by atoms with Crippen molar-refractivity contribution < 1.29 is 14.7 Å². The molecule has 3 N–H and O–H groups in total. The van der Waals surface area contributed by atoms with Crippen LogP contribution in [0.3, 0.4) is 0 Å². The van der Waals surface area contributed by atoms with Crippen LogP contribution in [0.15, 0.2) is 24.3 Å². The number of anilines is 1. The molecule has 0 radical (unpaired) electrons. The zero-order chi connectivity index (χ0) is 14.4. The highest BCUT2D eigenvalue weighted by molar-refractivity contribution is 6.33. The van der Waals surface area contributed by atoms with Gasteiger partial charge in [0, 0.05) is 0 Å². The highest BCUT2D eigenvalue weighted by Crippen LogP contribution is 2.20. The molecular formula is C13H17ClN2O3. The summed E-state index contributed by atoms with van der Waals surface area (Å²) < 4.78 is 0. The minimum atomic E-state index is -0.972. The van der Waals surface area contributed by atoms with Gasteiger partial charge in [-0.2, -0.15) is 0 Å². The Hall–Kier alpha value is -1.59. The molecule has 0 bridgehead atoms. The first kappa shape index (κ1) is 15.5. The van der Waals surface area contributed by atoms with E-state index in [0.717, 1.165) is 0 Å². The smallest absolute Gasteiger partial charge is 0.320 e. The van der Waals surface area contributed by atoms with Gasteiger partial charge >= 0.3 is 5.97 Å². The second-order valence-electron chi connectivity index (χ2n) is 4.47. The monoisotopic (exact) mass is 284 g/mol. The van der Waals surface area contributed by atoms with Crippen LogP contribution in [0.5, 0.6) is 0 Å². The van der Waals surface area contributed by atoms with Crippen LogP contribution < -0.4 is 10.6 Å². The van der Waals surface area contributed by atoms with Gasteiger partial charge in [-0.15, -0.1) is 0 Å². The molecule has 19 heavy (non-hydrogen) atoms. The minimum Gasteiger partial charge on any atom is -0.480 e. The van der Waals surface area contributed by atoms with Crippen molar-refractivity contribution in [1.82, 2.24) is 5.32 Å². The van der Waals surface area contributed by atoms with Crippen molar-refractivity contribution >= 4 is 29.2 Å². The summed E-state index contributed by atoms with van der Waals surface area (Å²) in [5.41, 5.74) is 0.507. The zero-order valence-electron chi connectivity index (χ0n) is 10.8. The van der Waals surface area contributed by atoms with Gasteiger partial charge in [0.25, 0.3) is 0 Å². The Labute approximate surface area is 117 Å². The highest BCUT2D eigenvalue weighted by Gasteiger charge is 2.21. The second-order valence-corrected chi connectivity index (χ2v) is 4.88. The number of aliphatic carboxylic acids is 1. The van der Waals surface area contributed by atoms with Crippen molar-refractivity contribution in [3.8, 4) is 0 Å². The maximum absolute atomic E-state index is 11.7. The van der Waals surface area contributed by atoms with E-state index in [0.29, 0.717) is 10.7 Å². The molecule has 0 fully saturated rings. The Kier molecular flexibility index (Phi) is 5.79. The number of carbonyl (C=O) groups is 2. The van der Waals surface area contributed by atoms with E-state index in [2.05, 4.69) is 10.6 Å². The topological polar surface area (TPSA) is 78.4 Å². The Bertz CT molecular complexity index is 463. The number of benzene rings is 1. The molecule has 6 heteroatoms. The second kappa shape index (κ2) is 7.11. The predicted octanol–water partition coefficient (Wildman–Crippen LogP) is 1.98. The zero-order valence-corrected chi connectivity index (χ0v) is 11.6. The lowest BCUT2D eigenvalue weighted by atomic mass is 10.1. The number of nitrogens with one attached hydrogen (secondary N) is 2. The van der Waals surface area contributed by atoms with Gasteiger partial charge < -0.3 is 10.4 Å². The minimum absolute atomic E-state index is 0.0830. The van der Waals surface area contributed by atoms with Crippen LogP contribution in [0.4, 0.5) is 5.69 Å². The number of para-hydroxylation sites is 1. The van der Waals surface area contributed by atoms with Crippen molar-refractivity contribution in [2.75, 3.05) is 11.9 Å². The van der Waals surface area contributed by atoms with Crippen molar-refractivity contribution in [2.24, 2.45) is 5.92 Å². The lowest BCUT2D eigenvalue weighted by Gasteiger charge is -2.17. The lowest BCUT2D eigenvalue weighted by Crippen LogP contribution is -2.44. The molecule has 1 aromatic rings. The predicted molar refractivity (Wildman–Crippen MR) is 74.3 cm³/mol. The fourth-order valence-corrected chi connectivity index (χ4v) is 1.75. The third kappa shape index (κ3) is 4.89. The third-order valence-electron chi connectivity index (χ3n) is 2.56. The van der Waals surface area contributed by atoms with Gasteiger partial charge in [-0.25, -0.2) is 0 Å². The number of halogens is 1. The summed E-state index contributed by atoms with van der Waals surface area (Å²) in [6.07, 6.45) is 0. The number of carboxylic acids is 1. The molecule has 1 atom stereocenters. The number of hydrogen-bond acceptors (Lipinski definition) is 3. The first-order valence-electron chi connectivity index (χ1n) is 5.92. The van der Waals surface area contributed by atoms with E-state index in [1.165, 1.54) is 0 Å². The summed E-state index contributed by atoms with van der Waals surface area (Å²) in [5.74, 6) is -1.41. The molecular weight excluding hydrogens is 268 g/mol. The summed E-state index contributed by atoms with van der Waals surface area (Å²) in [5, 5.41) is 14.7. The molecule has 0 aliphatic carbocycles. The first-order valence-corrected chi connectivity index (χ1v) is 6.30. The number of amides is 1. The highest BCUT2D eigenvalue weighted by atomic mass is 35.5. The van der Waals surface area contributed by atoms with Gasteiger partial charge in [-0.1, -0.05) is 37.6 Å². The molecule has 1 rings (SSSR count). The molecule has 5 nitrogen and oxygen atoms in total. The molecule has 0 saturated heterocycles. The van der Waals surface area contributed by atoms with E-state index < -0.39 is 12.0 Å². The molecule has 1 aromatic carbocycles. The molecule has 0 spiro atoms. The summed E-state index contributed by atoms with van der Waals surface area (Å²) in [4.78, 5) is 22.6. The van der Waals surface area contributed by atoms with Crippen LogP contribution in [-0.4, -0.2) is 29.6 Å². The van der Waals surface area contributed by atoms with Crippen LogP contribution in [0.2, 0.25) is 5.02 Å².